The fraction of sp³-hybridized carbons (Fsp3) is 0.364. The minimum absolute atomic E-state index is 0.0205. The van der Waals surface area contributed by atoms with Gasteiger partial charge in [0.05, 0.1) is 30.0 Å². The van der Waals surface area contributed by atoms with Crippen LogP contribution >= 0.6 is 0 Å². The second-order valence-electron chi connectivity index (χ2n) is 35.4. The molecule has 0 bridgehead atoms. The minimum atomic E-state index is -0.0205. The molecule has 0 amide bonds. The lowest BCUT2D eigenvalue weighted by molar-refractivity contribution is -0.396. The Morgan fingerprint density at radius 2 is 0.983 bits per heavy atom. The van der Waals surface area contributed by atoms with Crippen molar-refractivity contribution in [2.45, 2.75) is 237 Å². The number of aryl methyl sites for hydroxylation is 5. The highest BCUT2D eigenvalue weighted by molar-refractivity contribution is 5.87. The summed E-state index contributed by atoms with van der Waals surface area (Å²) in [6.45, 7) is 51.9. The highest BCUT2D eigenvalue weighted by atomic mass is 16.5. The molecule has 16 aromatic rings. The number of furan rings is 1. The van der Waals surface area contributed by atoms with Crippen molar-refractivity contribution in [2.24, 2.45) is 14.1 Å². The number of rotatable bonds is 10. The van der Waals surface area contributed by atoms with Crippen molar-refractivity contribution in [2.75, 3.05) is 7.05 Å². The average molecular weight is 1570 g/mol. The number of ether oxygens (including phenoxy) is 1. The Morgan fingerprint density at radius 1 is 0.436 bits per heavy atom. The molecule has 2 aliphatic heterocycles. The number of para-hydroxylation sites is 1. The van der Waals surface area contributed by atoms with Crippen LogP contribution in [0, 0.1) is 13.8 Å². The van der Waals surface area contributed by atoms with Crippen LogP contribution in [0.25, 0.3) is 76.5 Å². The number of aromatic nitrogens is 7. The highest BCUT2D eigenvalue weighted by Crippen LogP contribution is 2.41. The average Bonchev–Trinajstić information content (AvgIpc) is 1.64. The normalized spacial score (nSPS) is 12.5. The van der Waals surface area contributed by atoms with E-state index in [1.54, 1.807) is 12.6 Å². The lowest BCUT2D eigenvalue weighted by atomic mass is 9.96. The summed E-state index contributed by atoms with van der Waals surface area (Å²) in [5.74, 6) is 6.49. The zero-order chi connectivity index (χ0) is 84.7. The summed E-state index contributed by atoms with van der Waals surface area (Å²) in [7, 11) is 6.29. The molecule has 0 aliphatic carbocycles. The van der Waals surface area contributed by atoms with E-state index >= 15 is 0 Å². The molecule has 0 fully saturated rings. The zero-order valence-corrected chi connectivity index (χ0v) is 75.4. The molecule has 117 heavy (non-hydrogen) atoms. The largest absolute Gasteiger partial charge is 0.487 e. The molecule has 2 aliphatic rings. The van der Waals surface area contributed by atoms with E-state index in [-0.39, 0.29) is 5.60 Å². The third-order valence-corrected chi connectivity index (χ3v) is 22.9. The van der Waals surface area contributed by atoms with Gasteiger partial charge in [0.1, 0.15) is 30.2 Å². The Balaban J connectivity index is 0.000000139. The first-order chi connectivity index (χ1) is 55.7. The summed E-state index contributed by atoms with van der Waals surface area (Å²) < 4.78 is 20.1. The number of nitrogens with zero attached hydrogens (tertiary/aromatic N) is 5. The molecular weight excluding hydrogens is 1430 g/mol. The Bertz CT molecular complexity index is 5830. The Morgan fingerprint density at radius 3 is 1.63 bits per heavy atom. The molecular formula is C107H135N8O2+. The van der Waals surface area contributed by atoms with Gasteiger partial charge in [0.2, 0.25) is 5.69 Å². The molecule has 10 nitrogen and oxygen atoms in total. The number of benzene rings is 9. The first-order valence-electron chi connectivity index (χ1n) is 42.9. The van der Waals surface area contributed by atoms with E-state index in [2.05, 4.69) is 426 Å². The maximum atomic E-state index is 5.99. The fourth-order valence-corrected chi connectivity index (χ4v) is 15.7. The molecule has 9 heterocycles. The van der Waals surface area contributed by atoms with Crippen LogP contribution in [0.1, 0.15) is 271 Å². The van der Waals surface area contributed by atoms with Gasteiger partial charge in [-0.25, -0.2) is 9.56 Å². The van der Waals surface area contributed by atoms with Crippen LogP contribution in [-0.2, 0) is 33.5 Å². The van der Waals surface area contributed by atoms with Gasteiger partial charge in [0.15, 0.2) is 0 Å². The Labute approximate surface area is 699 Å². The van der Waals surface area contributed by atoms with E-state index in [1.807, 2.05) is 18.3 Å². The molecule has 0 atom stereocenters. The van der Waals surface area contributed by atoms with Gasteiger partial charge in [-0.3, -0.25) is 0 Å². The van der Waals surface area contributed by atoms with Gasteiger partial charge in [-0.05, 0) is 257 Å². The van der Waals surface area contributed by atoms with Gasteiger partial charge >= 0.3 is 0 Å². The number of H-pyrrole nitrogens is 3. The van der Waals surface area contributed by atoms with Crippen molar-refractivity contribution in [3.63, 3.8) is 0 Å². The molecule has 0 saturated carbocycles. The summed E-state index contributed by atoms with van der Waals surface area (Å²) in [5.41, 5.74) is 29.2. The fourth-order valence-electron chi connectivity index (χ4n) is 15.7. The lowest BCUT2D eigenvalue weighted by Crippen LogP contribution is -2.24. The van der Waals surface area contributed by atoms with Crippen LogP contribution in [0.2, 0.25) is 0 Å². The van der Waals surface area contributed by atoms with Crippen molar-refractivity contribution in [1.29, 1.82) is 0 Å². The van der Waals surface area contributed by atoms with Gasteiger partial charge < -0.3 is 37.8 Å². The molecule has 0 radical (unpaired) electrons. The first-order valence-corrected chi connectivity index (χ1v) is 42.9. The maximum absolute atomic E-state index is 5.99. The van der Waals surface area contributed by atoms with Crippen molar-refractivity contribution >= 4 is 88.4 Å². The first kappa shape index (κ1) is 88.5. The van der Waals surface area contributed by atoms with Crippen LogP contribution in [0.3, 0.4) is 0 Å². The molecule has 10 heteroatoms. The zero-order valence-electron chi connectivity index (χ0n) is 75.4. The Hall–Kier alpha value is -10.8. The van der Waals surface area contributed by atoms with Crippen LogP contribution in [0.5, 0.6) is 5.75 Å². The molecule has 18 rings (SSSR count). The monoisotopic (exact) mass is 1560 g/mol. The van der Waals surface area contributed by atoms with E-state index in [9.17, 15) is 0 Å². The molecule has 0 spiro atoms. The van der Waals surface area contributed by atoms with Gasteiger partial charge in [-0.1, -0.05) is 210 Å². The number of hydrogen-bond acceptors (Lipinski definition) is 3. The number of hydrogen-bond donors (Lipinski definition) is 3. The predicted molar refractivity (Wildman–Crippen MR) is 506 cm³/mol. The van der Waals surface area contributed by atoms with Crippen LogP contribution in [0.15, 0.2) is 236 Å². The minimum Gasteiger partial charge on any atom is -0.487 e. The number of imidazole rings is 1. The van der Waals surface area contributed by atoms with Gasteiger partial charge in [0, 0.05) is 124 Å². The third kappa shape index (κ3) is 22.3. The molecule has 9 aromatic carbocycles. The van der Waals surface area contributed by atoms with E-state index in [1.165, 1.54) is 138 Å². The van der Waals surface area contributed by atoms with Gasteiger partial charge in [-0.15, -0.1) is 0 Å². The second kappa shape index (κ2) is 39.9. The summed E-state index contributed by atoms with van der Waals surface area (Å²) in [6.07, 6.45) is 18.3. The van der Waals surface area contributed by atoms with Crippen LogP contribution < -0.4 is 4.74 Å². The molecule has 3 N–H and O–H groups in total. The topological polar surface area (TPSA) is 100 Å². The number of aromatic amines is 3. The molecule has 7 aromatic heterocycles. The number of nitrogens with one attached hydrogen (secondary N) is 3. The predicted octanol–water partition coefficient (Wildman–Crippen LogP) is 30.1. The van der Waals surface area contributed by atoms with Gasteiger partial charge in [0.25, 0.3) is 0 Å². The van der Waals surface area contributed by atoms with Crippen molar-refractivity contribution < 1.29 is 13.7 Å². The quantitative estimate of drug-likeness (QED) is 0.119. The lowest BCUT2D eigenvalue weighted by Gasteiger charge is -2.19. The van der Waals surface area contributed by atoms with Crippen LogP contribution in [-0.4, -0.2) is 57.1 Å². The summed E-state index contributed by atoms with van der Waals surface area (Å²) in [5, 5.41) is 8.05. The maximum Gasteiger partial charge on any atom is 0.208 e. The highest BCUT2D eigenvalue weighted by Gasteiger charge is 2.32. The van der Waals surface area contributed by atoms with E-state index in [0.717, 1.165) is 41.8 Å². The van der Waals surface area contributed by atoms with Crippen molar-refractivity contribution in [3.8, 4) is 5.75 Å². The molecule has 0 unspecified atom stereocenters. The van der Waals surface area contributed by atoms with Crippen LogP contribution in [0.4, 0.5) is 5.69 Å². The van der Waals surface area contributed by atoms with E-state index in [4.69, 9.17) is 9.15 Å². The summed E-state index contributed by atoms with van der Waals surface area (Å²) in [4.78, 5) is 13.8. The second-order valence-corrected chi connectivity index (χ2v) is 35.4. The van der Waals surface area contributed by atoms with E-state index in [0.29, 0.717) is 53.3 Å². The Kier molecular flexibility index (Phi) is 30.2. The SMILES string of the molecule is CC(C)c1ccc2c(c1)[N+](C)=CC2.CC(C)c1ccc2c(ccn2C)c1.CC(C)c1ccc2nc[nH]c2c1.CC(C)c1ccc2occc2c1.CC(C)c1cccc2[nH]ccc12.CC(C)c1cccc2c1OC(C)(C)C2.CC(C)c1cccc2c1ccn2C.CCn1ccc2c(C(C)C)cccc21.Cc1cc2[nH]cc(C)c2cc1C(C)C. The molecule has 614 valence electrons. The van der Waals surface area contributed by atoms with E-state index < -0.39 is 0 Å². The van der Waals surface area contributed by atoms with Gasteiger partial charge in [-0.2, -0.15) is 0 Å². The third-order valence-electron chi connectivity index (χ3n) is 22.9. The smallest absolute Gasteiger partial charge is 0.208 e. The standard InChI is InChI=1S/2C13H17N.C13H18O.C12H15N.C12H16N.C12H15N.C11H13N.C11H12O.C10H12N2/c1-8(2)11-6-12-10(4)7-14-13(12)5-9(11)3;1-4-14-9-8-12-11(10(2)3)6-5-7-13(12)14;1-9(2)11-7-5-6-10-8-13(3,4)14-12(10)11;1-9(2)10-4-5-12-11(8-10)6-7-13(12)3;1-9(2)11-5-4-10-6-7-13(3)12(10)8-11;1-9(2)10-5-4-6-12-11(10)7-8-13(12)3;1-8(2)9-4-3-5-11-10(9)6-7-12-11;1-8(2)9-3-4-11-10(7-9)5-6-12-11;1-7(2)8-3-4-9-10(5-8)12-6-11-9/h5-8,14H,1-4H3;5-10H,4H2,1-3H3;5-7,9H,8H2,1-4H3;4-9H,1-3H3;4-5,7-9H,6H2,1-3H3;4-9H,1-3H3;3-8,12H,1-2H3;3-8H,1-2H3;3-7H,1-2H3,(H,11,12)/q;;;;+1;;;;. The van der Waals surface area contributed by atoms with Crippen molar-refractivity contribution in [1.82, 2.24) is 33.6 Å². The van der Waals surface area contributed by atoms with Crippen molar-refractivity contribution in [3.05, 3.63) is 304 Å². The number of fused-ring (bicyclic) bond motifs is 9. The molecule has 0 saturated heterocycles. The summed E-state index contributed by atoms with van der Waals surface area (Å²) >= 11 is 0. The summed E-state index contributed by atoms with van der Waals surface area (Å²) in [6, 6.07) is 67.5.